The van der Waals surface area contributed by atoms with Crippen molar-refractivity contribution in [3.05, 3.63) is 40.0 Å². The first-order chi connectivity index (χ1) is 14.6. The van der Waals surface area contributed by atoms with E-state index in [0.717, 1.165) is 42.0 Å². The monoisotopic (exact) mass is 425 g/mol. The number of nitriles is 1. The van der Waals surface area contributed by atoms with Gasteiger partial charge in [-0.05, 0) is 58.7 Å². The van der Waals surface area contributed by atoms with Crippen molar-refractivity contribution in [3.63, 3.8) is 0 Å². The number of rotatable bonds is 8. The molecule has 8 nitrogen and oxygen atoms in total. The molecular weight excluding hydrogens is 394 g/mol. The highest BCUT2D eigenvalue weighted by atomic mass is 16.5. The fraction of sp³-hybridized carbons (Fsp3) is 0.478. The molecule has 2 aromatic heterocycles. The molecule has 0 fully saturated rings. The summed E-state index contributed by atoms with van der Waals surface area (Å²) in [7, 11) is 1.78. The molecule has 0 spiro atoms. The number of hydrogen-bond donors (Lipinski definition) is 1. The number of esters is 1. The zero-order valence-corrected chi connectivity index (χ0v) is 19.4. The summed E-state index contributed by atoms with van der Waals surface area (Å²) in [5, 5.41) is 16.5. The van der Waals surface area contributed by atoms with Crippen molar-refractivity contribution in [2.45, 2.75) is 67.0 Å². The maximum atomic E-state index is 12.5. The van der Waals surface area contributed by atoms with Crippen LogP contribution in [0.5, 0.6) is 0 Å². The summed E-state index contributed by atoms with van der Waals surface area (Å²) in [6, 6.07) is 3.84. The number of aromatic nitrogens is 3. The first kappa shape index (κ1) is 23.9. The minimum atomic E-state index is -1.07. The van der Waals surface area contributed by atoms with E-state index in [2.05, 4.69) is 21.9 Å². The van der Waals surface area contributed by atoms with Gasteiger partial charge in [-0.3, -0.25) is 9.48 Å². The van der Waals surface area contributed by atoms with Crippen molar-refractivity contribution in [3.8, 4) is 6.07 Å². The van der Waals surface area contributed by atoms with E-state index in [1.807, 2.05) is 32.9 Å². The van der Waals surface area contributed by atoms with Crippen LogP contribution in [0.1, 0.15) is 55.0 Å². The van der Waals surface area contributed by atoms with E-state index in [1.54, 1.807) is 18.7 Å². The third-order valence-corrected chi connectivity index (χ3v) is 5.40. The molecule has 31 heavy (non-hydrogen) atoms. The summed E-state index contributed by atoms with van der Waals surface area (Å²) in [6.45, 7) is 12.1. The Hall–Kier alpha value is -3.34. The molecule has 0 aliphatic rings. The molecule has 0 aliphatic carbocycles. The fourth-order valence-electron chi connectivity index (χ4n) is 3.38. The zero-order valence-electron chi connectivity index (χ0n) is 19.4. The molecule has 0 aromatic carbocycles. The number of hydrogen-bond acceptors (Lipinski definition) is 5. The molecule has 0 aliphatic heterocycles. The van der Waals surface area contributed by atoms with E-state index < -0.39 is 18.0 Å². The SMILES string of the molecule is CCCCn1c(C)cc(/C=C(\C#N)C(=O)O[C@H](C)C(=O)Nc2c(C)nn(C)c2C)c1C. The molecule has 166 valence electrons. The van der Waals surface area contributed by atoms with Gasteiger partial charge in [0.05, 0.1) is 17.1 Å². The van der Waals surface area contributed by atoms with Gasteiger partial charge in [0.1, 0.15) is 11.6 Å². The topological polar surface area (TPSA) is 102 Å². The maximum absolute atomic E-state index is 12.5. The van der Waals surface area contributed by atoms with Gasteiger partial charge in [0.2, 0.25) is 0 Å². The average Bonchev–Trinajstić information content (AvgIpc) is 3.12. The van der Waals surface area contributed by atoms with Gasteiger partial charge in [-0.25, -0.2) is 4.79 Å². The Bertz CT molecular complexity index is 1050. The van der Waals surface area contributed by atoms with Gasteiger partial charge in [0.25, 0.3) is 5.91 Å². The number of carbonyl (C=O) groups is 2. The third-order valence-electron chi connectivity index (χ3n) is 5.40. The Balaban J connectivity index is 2.14. The molecule has 1 atom stereocenters. The van der Waals surface area contributed by atoms with Crippen LogP contribution in [-0.2, 0) is 27.9 Å². The van der Waals surface area contributed by atoms with Crippen LogP contribution in [0.4, 0.5) is 5.69 Å². The van der Waals surface area contributed by atoms with Crippen LogP contribution in [0.15, 0.2) is 11.6 Å². The Labute approximate surface area is 183 Å². The largest absolute Gasteiger partial charge is 0.448 e. The number of nitrogens with one attached hydrogen (secondary N) is 1. The van der Waals surface area contributed by atoms with E-state index in [-0.39, 0.29) is 5.57 Å². The van der Waals surface area contributed by atoms with Crippen molar-refractivity contribution < 1.29 is 14.3 Å². The normalized spacial score (nSPS) is 12.4. The Kier molecular flexibility index (Phi) is 7.81. The summed E-state index contributed by atoms with van der Waals surface area (Å²) >= 11 is 0. The first-order valence-electron chi connectivity index (χ1n) is 10.4. The van der Waals surface area contributed by atoms with Crippen LogP contribution >= 0.6 is 0 Å². The van der Waals surface area contributed by atoms with Crippen LogP contribution in [0.3, 0.4) is 0 Å². The molecule has 0 radical (unpaired) electrons. The predicted octanol–water partition coefficient (Wildman–Crippen LogP) is 3.73. The van der Waals surface area contributed by atoms with E-state index in [4.69, 9.17) is 4.74 Å². The van der Waals surface area contributed by atoms with Crippen LogP contribution in [-0.4, -0.2) is 32.3 Å². The van der Waals surface area contributed by atoms with E-state index in [0.29, 0.717) is 11.4 Å². The van der Waals surface area contributed by atoms with Gasteiger partial charge in [0.15, 0.2) is 6.10 Å². The lowest BCUT2D eigenvalue weighted by atomic mass is 10.1. The number of amides is 1. The predicted molar refractivity (Wildman–Crippen MR) is 119 cm³/mol. The second kappa shape index (κ2) is 10.1. The highest BCUT2D eigenvalue weighted by Gasteiger charge is 2.23. The third kappa shape index (κ3) is 5.43. The molecule has 2 heterocycles. The molecule has 1 amide bonds. The van der Waals surface area contributed by atoms with Crippen molar-refractivity contribution in [2.24, 2.45) is 7.05 Å². The second-order valence-corrected chi connectivity index (χ2v) is 7.71. The van der Waals surface area contributed by atoms with Gasteiger partial charge in [-0.2, -0.15) is 10.4 Å². The molecule has 0 saturated heterocycles. The number of ether oxygens (including phenoxy) is 1. The summed E-state index contributed by atoms with van der Waals surface area (Å²) < 4.78 is 9.09. The Morgan fingerprint density at radius 2 is 1.97 bits per heavy atom. The van der Waals surface area contributed by atoms with Crippen LogP contribution < -0.4 is 5.32 Å². The average molecular weight is 426 g/mol. The Morgan fingerprint density at radius 1 is 1.29 bits per heavy atom. The highest BCUT2D eigenvalue weighted by Crippen LogP contribution is 2.21. The van der Waals surface area contributed by atoms with E-state index in [1.165, 1.54) is 13.0 Å². The number of aryl methyl sites for hydroxylation is 3. The lowest BCUT2D eigenvalue weighted by Gasteiger charge is -2.13. The molecule has 8 heteroatoms. The van der Waals surface area contributed by atoms with Crippen LogP contribution in [0.2, 0.25) is 0 Å². The van der Waals surface area contributed by atoms with E-state index in [9.17, 15) is 14.9 Å². The molecule has 2 aromatic rings. The van der Waals surface area contributed by atoms with Crippen molar-refractivity contribution in [1.29, 1.82) is 5.26 Å². The van der Waals surface area contributed by atoms with Crippen molar-refractivity contribution >= 4 is 23.6 Å². The standard InChI is InChI=1S/C23H31N5O3/c1-8-9-10-28-14(2)11-19(16(28)4)12-20(13-24)23(30)31-18(6)22(29)25-21-15(3)26-27(7)17(21)5/h11-12,18H,8-10H2,1-7H3,(H,25,29)/b20-12+/t18-/m1/s1. The molecule has 2 rings (SSSR count). The van der Waals surface area contributed by atoms with Gasteiger partial charge in [0, 0.05) is 25.0 Å². The van der Waals surface area contributed by atoms with Crippen LogP contribution in [0.25, 0.3) is 6.08 Å². The lowest BCUT2D eigenvalue weighted by Crippen LogP contribution is -2.30. The summed E-state index contributed by atoms with van der Waals surface area (Å²) in [6.07, 6.45) is 2.58. The lowest BCUT2D eigenvalue weighted by molar-refractivity contribution is -0.148. The highest BCUT2D eigenvalue weighted by molar-refractivity contribution is 6.01. The molecule has 1 N–H and O–H groups in total. The van der Waals surface area contributed by atoms with Gasteiger partial charge < -0.3 is 14.6 Å². The number of anilines is 1. The number of nitrogens with zero attached hydrogens (tertiary/aromatic N) is 4. The number of unbranched alkanes of at least 4 members (excludes halogenated alkanes) is 1. The first-order valence-corrected chi connectivity index (χ1v) is 10.4. The van der Waals surface area contributed by atoms with Crippen LogP contribution in [0, 0.1) is 39.0 Å². The minimum Gasteiger partial charge on any atom is -0.448 e. The fourth-order valence-corrected chi connectivity index (χ4v) is 3.38. The van der Waals surface area contributed by atoms with Gasteiger partial charge in [-0.1, -0.05) is 13.3 Å². The van der Waals surface area contributed by atoms with Gasteiger partial charge >= 0.3 is 5.97 Å². The van der Waals surface area contributed by atoms with Crippen molar-refractivity contribution in [2.75, 3.05) is 5.32 Å². The second-order valence-electron chi connectivity index (χ2n) is 7.71. The Morgan fingerprint density at radius 3 is 2.52 bits per heavy atom. The molecular formula is C23H31N5O3. The minimum absolute atomic E-state index is 0.149. The maximum Gasteiger partial charge on any atom is 0.349 e. The quantitative estimate of drug-likeness (QED) is 0.394. The smallest absolute Gasteiger partial charge is 0.349 e. The van der Waals surface area contributed by atoms with E-state index >= 15 is 0 Å². The summed E-state index contributed by atoms with van der Waals surface area (Å²) in [4.78, 5) is 25.0. The summed E-state index contributed by atoms with van der Waals surface area (Å²) in [5.74, 6) is -1.31. The molecule has 0 saturated carbocycles. The zero-order chi connectivity index (χ0) is 23.3. The number of carbonyl (C=O) groups excluding carboxylic acids is 2. The summed E-state index contributed by atoms with van der Waals surface area (Å²) in [5.41, 5.74) is 4.75. The van der Waals surface area contributed by atoms with Crippen molar-refractivity contribution in [1.82, 2.24) is 14.3 Å². The van der Waals surface area contributed by atoms with Gasteiger partial charge in [-0.15, -0.1) is 0 Å². The molecule has 0 unspecified atom stereocenters. The molecule has 0 bridgehead atoms.